The molecule has 104 valence electrons. The van der Waals surface area contributed by atoms with Gasteiger partial charge in [-0.3, -0.25) is 5.32 Å². The molecule has 0 aromatic carbocycles. The number of carbonyl (C=O) groups excluding carboxylic acids is 2. The van der Waals surface area contributed by atoms with Crippen LogP contribution in [0.15, 0.2) is 6.07 Å². The van der Waals surface area contributed by atoms with Gasteiger partial charge in [0.25, 0.3) is 0 Å². The van der Waals surface area contributed by atoms with Crippen molar-refractivity contribution < 1.29 is 14.3 Å². The quantitative estimate of drug-likeness (QED) is 0.834. The van der Waals surface area contributed by atoms with Crippen LogP contribution in [-0.4, -0.2) is 24.6 Å². The highest BCUT2D eigenvalue weighted by atomic mass is 32.1. The number of carbonyl (C=O) groups is 2. The number of aryl methyl sites for hydroxylation is 1. The molecule has 1 aromatic heterocycles. The monoisotopic (exact) mass is 282 g/mol. The van der Waals surface area contributed by atoms with Crippen LogP contribution in [0.25, 0.3) is 0 Å². The molecule has 2 rings (SSSR count). The maximum atomic E-state index is 11.8. The van der Waals surface area contributed by atoms with E-state index in [0.717, 1.165) is 24.1 Å². The fourth-order valence-corrected chi connectivity index (χ4v) is 2.74. The topological polar surface area (TPSA) is 67.4 Å². The molecule has 0 spiro atoms. The zero-order chi connectivity index (χ0) is 13.8. The van der Waals surface area contributed by atoms with Crippen molar-refractivity contribution >= 4 is 28.3 Å². The highest BCUT2D eigenvalue weighted by molar-refractivity contribution is 7.16. The Morgan fingerprint density at radius 2 is 2.21 bits per heavy atom. The van der Waals surface area contributed by atoms with Gasteiger partial charge >= 0.3 is 12.0 Å². The first-order valence-corrected chi connectivity index (χ1v) is 7.27. The second-order valence-corrected chi connectivity index (χ2v) is 5.80. The minimum absolute atomic E-state index is 0.253. The molecule has 0 unspecified atom stereocenters. The van der Waals surface area contributed by atoms with E-state index in [0.29, 0.717) is 17.2 Å². The first kappa shape index (κ1) is 13.9. The standard InChI is InChI=1S/C13H18N2O3S/c1-3-18-12(16)10-7-8(2)19-11(10)15-13(17)14-9-5-4-6-9/h7,9H,3-6H2,1-2H3,(H2,14,15,17). The Morgan fingerprint density at radius 1 is 1.47 bits per heavy atom. The van der Waals surface area contributed by atoms with Gasteiger partial charge in [0, 0.05) is 10.9 Å². The van der Waals surface area contributed by atoms with E-state index in [9.17, 15) is 9.59 Å². The predicted molar refractivity (Wildman–Crippen MR) is 74.8 cm³/mol. The Labute approximate surface area is 116 Å². The van der Waals surface area contributed by atoms with Crippen LogP contribution in [0.5, 0.6) is 0 Å². The van der Waals surface area contributed by atoms with Gasteiger partial charge in [-0.25, -0.2) is 9.59 Å². The van der Waals surface area contributed by atoms with Gasteiger partial charge in [-0.2, -0.15) is 0 Å². The number of esters is 1. The van der Waals surface area contributed by atoms with Crippen LogP contribution in [0, 0.1) is 6.92 Å². The lowest BCUT2D eigenvalue weighted by Crippen LogP contribution is -2.41. The molecule has 0 radical (unpaired) electrons. The zero-order valence-corrected chi connectivity index (χ0v) is 11.9. The summed E-state index contributed by atoms with van der Waals surface area (Å²) >= 11 is 1.38. The molecule has 1 aliphatic rings. The lowest BCUT2D eigenvalue weighted by Gasteiger charge is -2.26. The second-order valence-electron chi connectivity index (χ2n) is 4.55. The maximum absolute atomic E-state index is 11.8. The normalized spacial score (nSPS) is 14.6. The number of amides is 2. The Bertz CT molecular complexity index is 480. The molecule has 0 aliphatic heterocycles. The van der Waals surface area contributed by atoms with Crippen LogP contribution in [0.2, 0.25) is 0 Å². The first-order valence-electron chi connectivity index (χ1n) is 6.45. The number of rotatable bonds is 4. The number of thiophene rings is 1. The van der Waals surface area contributed by atoms with Crippen LogP contribution in [0.3, 0.4) is 0 Å². The molecule has 1 aromatic rings. The van der Waals surface area contributed by atoms with Crippen molar-refractivity contribution in [2.24, 2.45) is 0 Å². The highest BCUT2D eigenvalue weighted by Crippen LogP contribution is 2.28. The van der Waals surface area contributed by atoms with Gasteiger partial charge in [-0.05, 0) is 39.2 Å². The van der Waals surface area contributed by atoms with E-state index < -0.39 is 5.97 Å². The number of ether oxygens (including phenoxy) is 1. The van der Waals surface area contributed by atoms with E-state index in [2.05, 4.69) is 10.6 Å². The van der Waals surface area contributed by atoms with E-state index in [1.165, 1.54) is 11.3 Å². The average Bonchev–Trinajstić information content (AvgIpc) is 2.65. The van der Waals surface area contributed by atoms with Gasteiger partial charge in [0.1, 0.15) is 5.00 Å². The van der Waals surface area contributed by atoms with Gasteiger partial charge in [0.05, 0.1) is 12.2 Å². The maximum Gasteiger partial charge on any atom is 0.341 e. The van der Waals surface area contributed by atoms with Crippen molar-refractivity contribution in [3.8, 4) is 0 Å². The van der Waals surface area contributed by atoms with Gasteiger partial charge in [0.15, 0.2) is 0 Å². The number of urea groups is 1. The third-order valence-electron chi connectivity index (χ3n) is 3.02. The summed E-state index contributed by atoms with van der Waals surface area (Å²) in [6.45, 7) is 3.97. The molecular formula is C13H18N2O3S. The zero-order valence-electron chi connectivity index (χ0n) is 11.1. The Balaban J connectivity index is 2.01. The molecule has 0 bridgehead atoms. The summed E-state index contributed by atoms with van der Waals surface area (Å²) in [6.07, 6.45) is 3.22. The van der Waals surface area contributed by atoms with Crippen molar-refractivity contribution in [2.45, 2.75) is 39.2 Å². The number of hydrogen-bond acceptors (Lipinski definition) is 4. The molecule has 1 fully saturated rings. The third kappa shape index (κ3) is 3.47. The fourth-order valence-electron chi connectivity index (χ4n) is 1.84. The van der Waals surface area contributed by atoms with Crippen LogP contribution in [0.4, 0.5) is 9.80 Å². The van der Waals surface area contributed by atoms with Gasteiger partial charge in [0.2, 0.25) is 0 Å². The average molecular weight is 282 g/mol. The van der Waals surface area contributed by atoms with Crippen molar-refractivity contribution in [1.82, 2.24) is 5.32 Å². The molecule has 2 N–H and O–H groups in total. The molecule has 1 aliphatic carbocycles. The number of nitrogens with one attached hydrogen (secondary N) is 2. The summed E-state index contributed by atoms with van der Waals surface area (Å²) in [4.78, 5) is 24.5. The molecule has 5 nitrogen and oxygen atoms in total. The van der Waals surface area contributed by atoms with Crippen molar-refractivity contribution in [3.63, 3.8) is 0 Å². The minimum atomic E-state index is -0.397. The summed E-state index contributed by atoms with van der Waals surface area (Å²) < 4.78 is 4.97. The second kappa shape index (κ2) is 6.06. The number of anilines is 1. The predicted octanol–water partition coefficient (Wildman–Crippen LogP) is 2.91. The van der Waals surface area contributed by atoms with Gasteiger partial charge < -0.3 is 10.1 Å². The van der Waals surface area contributed by atoms with E-state index in [1.54, 1.807) is 13.0 Å². The van der Waals surface area contributed by atoms with Gasteiger partial charge in [-0.15, -0.1) is 11.3 Å². The smallest absolute Gasteiger partial charge is 0.341 e. The Hall–Kier alpha value is -1.56. The summed E-state index contributed by atoms with van der Waals surface area (Å²) in [6, 6.07) is 1.76. The fraction of sp³-hybridized carbons (Fsp3) is 0.538. The molecule has 0 atom stereocenters. The van der Waals surface area contributed by atoms with Crippen molar-refractivity contribution in [2.75, 3.05) is 11.9 Å². The molecule has 19 heavy (non-hydrogen) atoms. The lowest BCUT2D eigenvalue weighted by atomic mass is 9.93. The summed E-state index contributed by atoms with van der Waals surface area (Å²) in [7, 11) is 0. The van der Waals surface area contributed by atoms with Crippen molar-refractivity contribution in [3.05, 3.63) is 16.5 Å². The van der Waals surface area contributed by atoms with Crippen LogP contribution in [-0.2, 0) is 4.74 Å². The van der Waals surface area contributed by atoms with Gasteiger partial charge in [-0.1, -0.05) is 0 Å². The van der Waals surface area contributed by atoms with E-state index in [4.69, 9.17) is 4.74 Å². The van der Waals surface area contributed by atoms with E-state index in [-0.39, 0.29) is 12.1 Å². The van der Waals surface area contributed by atoms with Crippen molar-refractivity contribution in [1.29, 1.82) is 0 Å². The molecule has 6 heteroatoms. The van der Waals surface area contributed by atoms with Crippen LogP contribution < -0.4 is 10.6 Å². The molecule has 2 amide bonds. The molecule has 1 saturated carbocycles. The summed E-state index contributed by atoms with van der Waals surface area (Å²) in [5.74, 6) is -0.397. The largest absolute Gasteiger partial charge is 0.462 e. The number of hydrogen-bond donors (Lipinski definition) is 2. The Kier molecular flexibility index (Phi) is 4.42. The Morgan fingerprint density at radius 3 is 2.79 bits per heavy atom. The minimum Gasteiger partial charge on any atom is -0.462 e. The first-order chi connectivity index (χ1) is 9.10. The summed E-state index contributed by atoms with van der Waals surface area (Å²) in [5, 5.41) is 6.16. The van der Waals surface area contributed by atoms with Crippen LogP contribution in [0.1, 0.15) is 41.4 Å². The molecule has 1 heterocycles. The van der Waals surface area contributed by atoms with E-state index in [1.807, 2.05) is 6.92 Å². The van der Waals surface area contributed by atoms with Crippen LogP contribution >= 0.6 is 11.3 Å². The highest BCUT2D eigenvalue weighted by Gasteiger charge is 2.22. The SMILES string of the molecule is CCOC(=O)c1cc(C)sc1NC(=O)NC1CCC1. The molecule has 0 saturated heterocycles. The molecular weight excluding hydrogens is 264 g/mol. The lowest BCUT2D eigenvalue weighted by molar-refractivity contribution is 0.0528. The third-order valence-corrected chi connectivity index (χ3v) is 3.98. The summed E-state index contributed by atoms with van der Waals surface area (Å²) in [5.41, 5.74) is 0.424. The van der Waals surface area contributed by atoms with E-state index >= 15 is 0 Å².